The van der Waals surface area contributed by atoms with Crippen molar-refractivity contribution in [2.45, 2.75) is 13.0 Å². The molecule has 0 radical (unpaired) electrons. The number of rotatable bonds is 6. The molecule has 0 aliphatic rings. The zero-order valence-electron chi connectivity index (χ0n) is 13.6. The van der Waals surface area contributed by atoms with E-state index in [1.54, 1.807) is 12.1 Å². The molecule has 2 aromatic rings. The number of hydrogen-bond donors (Lipinski definition) is 1. The first-order valence-electron chi connectivity index (χ1n) is 7.67. The maximum Gasteiger partial charge on any atom is 0.161 e. The summed E-state index contributed by atoms with van der Waals surface area (Å²) in [5, 5.41) is 0. The van der Waals surface area contributed by atoms with Gasteiger partial charge in [0.05, 0.1) is 11.2 Å². The number of benzene rings is 2. The van der Waals surface area contributed by atoms with Gasteiger partial charge in [0.15, 0.2) is 11.5 Å². The molecule has 19 heavy (non-hydrogen) atoms. The number of hydrogen-bond acceptors (Lipinski definition) is 3. The van der Waals surface area contributed by atoms with Crippen molar-refractivity contribution in [2.24, 2.45) is 5.73 Å². The van der Waals surface area contributed by atoms with E-state index in [0.29, 0.717) is 25.3 Å². The van der Waals surface area contributed by atoms with Gasteiger partial charge in [0, 0.05) is 0 Å². The first-order valence-corrected chi connectivity index (χ1v) is 6.17. The van der Waals surface area contributed by atoms with Crippen LogP contribution in [0.3, 0.4) is 0 Å². The first-order chi connectivity index (χ1) is 10.5. The fourth-order valence-electron chi connectivity index (χ4n) is 1.81. The minimum atomic E-state index is -2.52. The van der Waals surface area contributed by atoms with Crippen molar-refractivity contribution in [3.63, 3.8) is 0 Å². The van der Waals surface area contributed by atoms with Crippen LogP contribution in [0.2, 0.25) is 0 Å². The molecule has 2 N–H and O–H groups in total. The Bertz CT molecular complexity index is 600. The summed E-state index contributed by atoms with van der Waals surface area (Å²) in [6.07, 6.45) is 0.649. The minimum absolute atomic E-state index is 0.210. The molecule has 100 valence electrons. The fraction of sp³-hybridized carbons (Fsp3) is 0.250. The Morgan fingerprint density at radius 1 is 1.05 bits per heavy atom. The van der Waals surface area contributed by atoms with E-state index in [1.807, 2.05) is 36.4 Å². The molecule has 0 unspecified atom stereocenters. The van der Waals surface area contributed by atoms with Gasteiger partial charge in [-0.3, -0.25) is 0 Å². The standard InChI is InChI=1S/C16H19NO2/c1-18-16-11-13(9-10-17)7-8-15(16)19-12-14-5-3-2-4-6-14/h2-8,11H,9-10,12,17H2,1H3/i1D3. The lowest BCUT2D eigenvalue weighted by Crippen LogP contribution is -2.03. The van der Waals surface area contributed by atoms with E-state index < -0.39 is 7.04 Å². The van der Waals surface area contributed by atoms with Crippen LogP contribution in [-0.2, 0) is 13.0 Å². The monoisotopic (exact) mass is 260 g/mol. The second-order valence-corrected chi connectivity index (χ2v) is 4.20. The second-order valence-electron chi connectivity index (χ2n) is 4.20. The van der Waals surface area contributed by atoms with Crippen LogP contribution in [-0.4, -0.2) is 13.6 Å². The van der Waals surface area contributed by atoms with Gasteiger partial charge in [-0.1, -0.05) is 36.4 Å². The Morgan fingerprint density at radius 2 is 1.89 bits per heavy atom. The molecule has 0 spiro atoms. The van der Waals surface area contributed by atoms with Crippen molar-refractivity contribution < 1.29 is 13.6 Å². The molecule has 0 aliphatic heterocycles. The first kappa shape index (κ1) is 9.87. The highest BCUT2D eigenvalue weighted by Gasteiger charge is 2.05. The van der Waals surface area contributed by atoms with Gasteiger partial charge in [0.1, 0.15) is 6.61 Å². The lowest BCUT2D eigenvalue weighted by atomic mass is 10.1. The zero-order chi connectivity index (χ0) is 16.0. The summed E-state index contributed by atoms with van der Waals surface area (Å²) in [7, 11) is -2.52. The Hall–Kier alpha value is -2.00. The molecule has 0 saturated carbocycles. The van der Waals surface area contributed by atoms with Gasteiger partial charge in [0.25, 0.3) is 0 Å². The molecular formula is C16H19NO2. The Labute approximate surface area is 118 Å². The van der Waals surface area contributed by atoms with Crippen LogP contribution in [0.25, 0.3) is 0 Å². The van der Waals surface area contributed by atoms with E-state index in [2.05, 4.69) is 0 Å². The summed E-state index contributed by atoms with van der Waals surface area (Å²) in [4.78, 5) is 0. The molecule has 3 heteroatoms. The molecule has 0 fully saturated rings. The van der Waals surface area contributed by atoms with E-state index in [1.165, 1.54) is 0 Å². The summed E-state index contributed by atoms with van der Waals surface area (Å²) in [6, 6.07) is 14.9. The van der Waals surface area contributed by atoms with Crippen molar-refractivity contribution in [3.8, 4) is 11.5 Å². The largest absolute Gasteiger partial charge is 0.493 e. The van der Waals surface area contributed by atoms with Gasteiger partial charge < -0.3 is 15.2 Å². The van der Waals surface area contributed by atoms with Gasteiger partial charge in [-0.15, -0.1) is 0 Å². The maximum atomic E-state index is 7.27. The van der Waals surface area contributed by atoms with Crippen molar-refractivity contribution in [3.05, 3.63) is 59.7 Å². The average Bonchev–Trinajstić information content (AvgIpc) is 2.46. The molecule has 3 nitrogen and oxygen atoms in total. The quantitative estimate of drug-likeness (QED) is 0.868. The predicted molar refractivity (Wildman–Crippen MR) is 76.5 cm³/mol. The van der Waals surface area contributed by atoms with Crippen molar-refractivity contribution >= 4 is 0 Å². The van der Waals surface area contributed by atoms with Crippen molar-refractivity contribution in [2.75, 3.05) is 13.6 Å². The van der Waals surface area contributed by atoms with E-state index in [-0.39, 0.29) is 5.75 Å². The Balaban J connectivity index is 2.17. The third-order valence-electron chi connectivity index (χ3n) is 2.79. The fourth-order valence-corrected chi connectivity index (χ4v) is 1.81. The zero-order valence-corrected chi connectivity index (χ0v) is 10.6. The lowest BCUT2D eigenvalue weighted by molar-refractivity contribution is 0.284. The topological polar surface area (TPSA) is 44.5 Å². The van der Waals surface area contributed by atoms with E-state index in [4.69, 9.17) is 19.3 Å². The summed E-state index contributed by atoms with van der Waals surface area (Å²) in [5.41, 5.74) is 7.43. The summed E-state index contributed by atoms with van der Waals surface area (Å²) in [6.45, 7) is 0.825. The number of nitrogens with two attached hydrogens (primary N) is 1. The van der Waals surface area contributed by atoms with Crippen LogP contribution in [0.4, 0.5) is 0 Å². The van der Waals surface area contributed by atoms with Crippen LogP contribution in [0.15, 0.2) is 48.5 Å². The van der Waals surface area contributed by atoms with Crippen LogP contribution < -0.4 is 15.2 Å². The highest BCUT2D eigenvalue weighted by molar-refractivity contribution is 5.43. The summed E-state index contributed by atoms with van der Waals surface area (Å²) < 4.78 is 32.5. The van der Waals surface area contributed by atoms with Crippen LogP contribution in [0.1, 0.15) is 15.2 Å². The van der Waals surface area contributed by atoms with Crippen molar-refractivity contribution in [1.82, 2.24) is 0 Å². The highest BCUT2D eigenvalue weighted by atomic mass is 16.5. The minimum Gasteiger partial charge on any atom is -0.493 e. The van der Waals surface area contributed by atoms with Gasteiger partial charge in [-0.2, -0.15) is 0 Å². The summed E-state index contributed by atoms with van der Waals surface area (Å²) >= 11 is 0. The SMILES string of the molecule is [2H]C([2H])([2H])Oc1cc(CCN)ccc1OCc1ccccc1. The molecule has 2 rings (SSSR count). The van der Waals surface area contributed by atoms with E-state index in [9.17, 15) is 0 Å². The van der Waals surface area contributed by atoms with E-state index in [0.717, 1.165) is 11.1 Å². The summed E-state index contributed by atoms with van der Waals surface area (Å²) in [5.74, 6) is 0.614. The molecule has 0 bridgehead atoms. The normalized spacial score (nSPS) is 13.2. The van der Waals surface area contributed by atoms with Crippen LogP contribution in [0.5, 0.6) is 11.5 Å². The van der Waals surface area contributed by atoms with Gasteiger partial charge in [0.2, 0.25) is 0 Å². The molecule has 0 aromatic heterocycles. The van der Waals surface area contributed by atoms with Gasteiger partial charge >= 0.3 is 0 Å². The smallest absolute Gasteiger partial charge is 0.161 e. The average molecular weight is 260 g/mol. The highest BCUT2D eigenvalue weighted by Crippen LogP contribution is 2.28. The maximum absolute atomic E-state index is 7.27. The third kappa shape index (κ3) is 3.73. The predicted octanol–water partition coefficient (Wildman–Crippen LogP) is 2.78. The van der Waals surface area contributed by atoms with Crippen LogP contribution in [0, 0.1) is 0 Å². The third-order valence-corrected chi connectivity index (χ3v) is 2.79. The molecule has 0 amide bonds. The van der Waals surface area contributed by atoms with Crippen molar-refractivity contribution in [1.29, 1.82) is 0 Å². The molecule has 0 heterocycles. The molecule has 0 aliphatic carbocycles. The van der Waals surface area contributed by atoms with Crippen LogP contribution >= 0.6 is 0 Å². The molecule has 0 saturated heterocycles. The Kier molecular flexibility index (Phi) is 3.53. The number of methoxy groups -OCH3 is 1. The Morgan fingerprint density at radius 3 is 2.63 bits per heavy atom. The molecule has 2 aromatic carbocycles. The van der Waals surface area contributed by atoms with E-state index >= 15 is 0 Å². The number of ether oxygens (including phenoxy) is 2. The second kappa shape index (κ2) is 6.81. The lowest BCUT2D eigenvalue weighted by Gasteiger charge is -2.12. The van der Waals surface area contributed by atoms with Gasteiger partial charge in [-0.05, 0) is 36.2 Å². The molecular weight excluding hydrogens is 238 g/mol. The van der Waals surface area contributed by atoms with Gasteiger partial charge in [-0.25, -0.2) is 0 Å². The molecule has 0 atom stereocenters.